The molecule has 59 valence electrons. The lowest BCUT2D eigenvalue weighted by Crippen LogP contribution is -2.29. The smallest absolute Gasteiger partial charge is 0.137 e. The Morgan fingerprint density at radius 1 is 1.50 bits per heavy atom. The van der Waals surface area contributed by atoms with Crippen molar-refractivity contribution in [2.75, 3.05) is 6.54 Å². The maximum atomic E-state index is 4.74. The SMILES string of the molecule is CCCCN([C]=S)C(C)C. The molecule has 0 saturated carbocycles. The zero-order valence-corrected chi connectivity index (χ0v) is 7.87. The summed E-state index contributed by atoms with van der Waals surface area (Å²) in [7, 11) is 0. The Morgan fingerprint density at radius 2 is 2.10 bits per heavy atom. The fraction of sp³-hybridized carbons (Fsp3) is 0.875. The highest BCUT2D eigenvalue weighted by atomic mass is 32.1. The van der Waals surface area contributed by atoms with Gasteiger partial charge in [-0.15, -0.1) is 0 Å². The molecule has 0 spiro atoms. The molecule has 0 N–H and O–H groups in total. The molecule has 0 unspecified atom stereocenters. The van der Waals surface area contributed by atoms with Crippen LogP contribution < -0.4 is 0 Å². The van der Waals surface area contributed by atoms with Crippen molar-refractivity contribution in [2.45, 2.75) is 39.7 Å². The topological polar surface area (TPSA) is 3.24 Å². The highest BCUT2D eigenvalue weighted by Gasteiger charge is 2.02. The van der Waals surface area contributed by atoms with E-state index >= 15 is 0 Å². The van der Waals surface area contributed by atoms with Crippen molar-refractivity contribution in [2.24, 2.45) is 0 Å². The van der Waals surface area contributed by atoms with Gasteiger partial charge in [0.1, 0.15) is 5.49 Å². The van der Waals surface area contributed by atoms with Gasteiger partial charge in [0.15, 0.2) is 0 Å². The lowest BCUT2D eigenvalue weighted by atomic mass is 10.3. The van der Waals surface area contributed by atoms with Crippen molar-refractivity contribution in [1.29, 1.82) is 0 Å². The first-order valence-electron chi connectivity index (χ1n) is 3.86. The largest absolute Gasteiger partial charge is 0.358 e. The van der Waals surface area contributed by atoms with E-state index in [0.29, 0.717) is 6.04 Å². The van der Waals surface area contributed by atoms with Crippen molar-refractivity contribution in [3.63, 3.8) is 0 Å². The normalized spacial score (nSPS) is 10.0. The molecule has 0 fully saturated rings. The third-order valence-electron chi connectivity index (χ3n) is 1.49. The number of thiocarbonyl (C=S) groups is 1. The van der Waals surface area contributed by atoms with Crippen LogP contribution in [0.1, 0.15) is 33.6 Å². The predicted molar refractivity (Wildman–Crippen MR) is 49.3 cm³/mol. The van der Waals surface area contributed by atoms with Gasteiger partial charge in [0.25, 0.3) is 0 Å². The van der Waals surface area contributed by atoms with E-state index in [1.54, 1.807) is 0 Å². The summed E-state index contributed by atoms with van der Waals surface area (Å²) in [5.74, 6) is 0. The summed E-state index contributed by atoms with van der Waals surface area (Å²) in [5.41, 5.74) is 2.75. The Labute approximate surface area is 69.4 Å². The maximum absolute atomic E-state index is 4.74. The van der Waals surface area contributed by atoms with E-state index in [1.807, 2.05) is 0 Å². The van der Waals surface area contributed by atoms with Gasteiger partial charge in [0, 0.05) is 12.6 Å². The Kier molecular flexibility index (Phi) is 5.60. The van der Waals surface area contributed by atoms with Crippen molar-refractivity contribution in [1.82, 2.24) is 4.90 Å². The van der Waals surface area contributed by atoms with E-state index in [9.17, 15) is 0 Å². The molecule has 1 radical (unpaired) electrons. The molecule has 2 heteroatoms. The number of rotatable bonds is 5. The zero-order chi connectivity index (χ0) is 7.98. The minimum absolute atomic E-state index is 0.504. The molecule has 0 bridgehead atoms. The van der Waals surface area contributed by atoms with Gasteiger partial charge in [-0.2, -0.15) is 0 Å². The van der Waals surface area contributed by atoms with Gasteiger partial charge in [0.2, 0.25) is 0 Å². The lowest BCUT2D eigenvalue weighted by Gasteiger charge is -2.21. The molecule has 0 saturated heterocycles. The average molecular weight is 158 g/mol. The highest BCUT2D eigenvalue weighted by molar-refractivity contribution is 7.78. The van der Waals surface area contributed by atoms with Crippen LogP contribution in [0, 0.1) is 0 Å². The quantitative estimate of drug-likeness (QED) is 0.446. The van der Waals surface area contributed by atoms with Crippen LogP contribution in [-0.2, 0) is 0 Å². The van der Waals surface area contributed by atoms with E-state index < -0.39 is 0 Å². The van der Waals surface area contributed by atoms with Crippen molar-refractivity contribution in [3.05, 3.63) is 0 Å². The Balaban J connectivity index is 3.50. The molecule has 0 aliphatic carbocycles. The van der Waals surface area contributed by atoms with E-state index in [1.165, 1.54) is 12.8 Å². The summed E-state index contributed by atoms with van der Waals surface area (Å²) in [4.78, 5) is 2.07. The molecule has 0 aromatic rings. The van der Waals surface area contributed by atoms with Gasteiger partial charge < -0.3 is 4.90 Å². The van der Waals surface area contributed by atoms with E-state index in [4.69, 9.17) is 12.2 Å². The van der Waals surface area contributed by atoms with Crippen LogP contribution in [0.25, 0.3) is 0 Å². The number of unbranched alkanes of at least 4 members (excludes halogenated alkanes) is 1. The van der Waals surface area contributed by atoms with Crippen LogP contribution >= 0.6 is 12.2 Å². The second kappa shape index (κ2) is 5.66. The van der Waals surface area contributed by atoms with Gasteiger partial charge in [-0.25, -0.2) is 0 Å². The number of hydrogen-bond acceptors (Lipinski definition) is 1. The molecular weight excluding hydrogens is 142 g/mol. The predicted octanol–water partition coefficient (Wildman–Crippen LogP) is 2.33. The van der Waals surface area contributed by atoms with E-state index in [2.05, 4.69) is 31.2 Å². The van der Waals surface area contributed by atoms with Crippen LogP contribution in [0.5, 0.6) is 0 Å². The molecule has 0 atom stereocenters. The third-order valence-corrected chi connectivity index (χ3v) is 1.73. The summed E-state index contributed by atoms with van der Waals surface area (Å²) in [6, 6.07) is 0.504. The van der Waals surface area contributed by atoms with E-state index in [0.717, 1.165) is 6.54 Å². The summed E-state index contributed by atoms with van der Waals surface area (Å²) < 4.78 is 0. The molecule has 0 aromatic carbocycles. The number of hydrogen-bond donors (Lipinski definition) is 0. The third kappa shape index (κ3) is 3.83. The Hall–Kier alpha value is -0.110. The Morgan fingerprint density at radius 3 is 2.40 bits per heavy atom. The minimum Gasteiger partial charge on any atom is -0.358 e. The van der Waals surface area contributed by atoms with Crippen LogP contribution in [0.3, 0.4) is 0 Å². The molecule has 0 aliphatic heterocycles. The fourth-order valence-electron chi connectivity index (χ4n) is 0.738. The molecule has 0 heterocycles. The second-order valence-corrected chi connectivity index (χ2v) is 2.91. The molecule has 0 aromatic heterocycles. The lowest BCUT2D eigenvalue weighted by molar-refractivity contribution is 0.358. The van der Waals surface area contributed by atoms with Gasteiger partial charge in [-0.3, -0.25) is 0 Å². The average Bonchev–Trinajstić information content (AvgIpc) is 1.89. The van der Waals surface area contributed by atoms with Crippen molar-refractivity contribution < 1.29 is 0 Å². The van der Waals surface area contributed by atoms with Crippen LogP contribution in [0.15, 0.2) is 0 Å². The van der Waals surface area contributed by atoms with Gasteiger partial charge >= 0.3 is 0 Å². The van der Waals surface area contributed by atoms with Crippen LogP contribution in [0.4, 0.5) is 0 Å². The van der Waals surface area contributed by atoms with Gasteiger partial charge in [-0.1, -0.05) is 25.6 Å². The van der Waals surface area contributed by atoms with Gasteiger partial charge in [0.05, 0.1) is 0 Å². The molecule has 0 rings (SSSR count). The number of nitrogens with zero attached hydrogens (tertiary/aromatic N) is 1. The molecule has 1 nitrogen and oxygen atoms in total. The Bertz CT molecular complexity index is 91.3. The minimum atomic E-state index is 0.504. The summed E-state index contributed by atoms with van der Waals surface area (Å²) in [6.07, 6.45) is 2.43. The maximum Gasteiger partial charge on any atom is 0.137 e. The highest BCUT2D eigenvalue weighted by Crippen LogP contribution is 1.97. The van der Waals surface area contributed by atoms with Crippen LogP contribution in [0.2, 0.25) is 0 Å². The molecule has 0 amide bonds. The van der Waals surface area contributed by atoms with Crippen molar-refractivity contribution in [3.8, 4) is 0 Å². The van der Waals surface area contributed by atoms with E-state index in [-0.39, 0.29) is 0 Å². The summed E-state index contributed by atoms with van der Waals surface area (Å²) in [5, 5.41) is 0. The standard InChI is InChI=1S/C8H16NS/c1-4-5-6-9(7-10)8(2)3/h8H,4-6H2,1-3H3. The van der Waals surface area contributed by atoms with Gasteiger partial charge in [-0.05, 0) is 20.3 Å². The van der Waals surface area contributed by atoms with Crippen molar-refractivity contribution >= 4 is 17.7 Å². The fourth-order valence-corrected chi connectivity index (χ4v) is 1.04. The monoisotopic (exact) mass is 158 g/mol. The van der Waals surface area contributed by atoms with Crippen LogP contribution in [-0.4, -0.2) is 23.0 Å². The summed E-state index contributed by atoms with van der Waals surface area (Å²) in [6.45, 7) is 7.50. The molecule has 10 heavy (non-hydrogen) atoms. The zero-order valence-electron chi connectivity index (χ0n) is 7.05. The summed E-state index contributed by atoms with van der Waals surface area (Å²) >= 11 is 4.74. The molecular formula is C8H16NS. The first-order valence-corrected chi connectivity index (χ1v) is 4.27. The first-order chi connectivity index (χ1) is 4.72. The second-order valence-electron chi connectivity index (χ2n) is 2.73. The molecule has 0 aliphatic rings. The first kappa shape index (κ1) is 9.89.